The molecule has 0 saturated heterocycles. The summed E-state index contributed by atoms with van der Waals surface area (Å²) in [5.74, 6) is -0.983. The number of carboxylic acid groups (broad SMARTS) is 1. The van der Waals surface area contributed by atoms with Crippen LogP contribution in [0.15, 0.2) is 27.4 Å². The van der Waals surface area contributed by atoms with Gasteiger partial charge in [0, 0.05) is 11.3 Å². The van der Waals surface area contributed by atoms with E-state index >= 15 is 0 Å². The first-order valence-corrected chi connectivity index (χ1v) is 7.35. The van der Waals surface area contributed by atoms with E-state index in [0.717, 1.165) is 35.4 Å². The van der Waals surface area contributed by atoms with Crippen LogP contribution < -0.4 is 0 Å². The van der Waals surface area contributed by atoms with E-state index in [0.29, 0.717) is 16.6 Å². The van der Waals surface area contributed by atoms with Crippen LogP contribution in [0.5, 0.6) is 0 Å². The Labute approximate surface area is 126 Å². The standard InChI is InChI=1S/C12H9F3N2O2S2/c1-2-9-16-11(21-17-9)20-6-3-4-7(10(18)19)8(5-6)12(13,14)15/h3-5H,2H2,1H3,(H,18,19). The molecule has 0 aliphatic rings. The number of rotatable bonds is 4. The average molecular weight is 334 g/mol. The molecule has 0 spiro atoms. The van der Waals surface area contributed by atoms with Gasteiger partial charge in [0.25, 0.3) is 0 Å². The molecule has 0 unspecified atom stereocenters. The highest BCUT2D eigenvalue weighted by atomic mass is 32.2. The molecule has 9 heteroatoms. The van der Waals surface area contributed by atoms with Crippen molar-refractivity contribution in [3.05, 3.63) is 35.2 Å². The van der Waals surface area contributed by atoms with Gasteiger partial charge in [-0.05, 0) is 29.7 Å². The second-order valence-electron chi connectivity index (χ2n) is 3.94. The number of benzene rings is 1. The molecule has 0 fully saturated rings. The Morgan fingerprint density at radius 3 is 2.67 bits per heavy atom. The van der Waals surface area contributed by atoms with Gasteiger partial charge in [0.05, 0.1) is 11.1 Å². The van der Waals surface area contributed by atoms with Crippen molar-refractivity contribution in [3.8, 4) is 0 Å². The molecule has 1 aromatic carbocycles. The van der Waals surface area contributed by atoms with Crippen molar-refractivity contribution in [1.29, 1.82) is 0 Å². The molecular weight excluding hydrogens is 325 g/mol. The van der Waals surface area contributed by atoms with Crippen molar-refractivity contribution in [2.75, 3.05) is 0 Å². The minimum Gasteiger partial charge on any atom is -0.478 e. The fourth-order valence-corrected chi connectivity index (χ4v) is 3.25. The predicted molar refractivity (Wildman–Crippen MR) is 71.8 cm³/mol. The van der Waals surface area contributed by atoms with Gasteiger partial charge in [0.15, 0.2) is 4.34 Å². The number of halogens is 3. The molecule has 1 aromatic heterocycles. The molecule has 2 rings (SSSR count). The maximum Gasteiger partial charge on any atom is 0.417 e. The Kier molecular flexibility index (Phi) is 4.52. The van der Waals surface area contributed by atoms with E-state index in [1.165, 1.54) is 6.07 Å². The summed E-state index contributed by atoms with van der Waals surface area (Å²) in [5, 5.41) is 8.82. The van der Waals surface area contributed by atoms with Crippen LogP contribution in [0.3, 0.4) is 0 Å². The van der Waals surface area contributed by atoms with Crippen molar-refractivity contribution in [1.82, 2.24) is 9.36 Å². The van der Waals surface area contributed by atoms with Crippen LogP contribution in [0.25, 0.3) is 0 Å². The Hall–Kier alpha value is -1.61. The van der Waals surface area contributed by atoms with Crippen LogP contribution in [-0.4, -0.2) is 20.4 Å². The zero-order valence-electron chi connectivity index (χ0n) is 10.6. The summed E-state index contributed by atoms with van der Waals surface area (Å²) in [4.78, 5) is 15.3. The fraction of sp³-hybridized carbons (Fsp3) is 0.250. The number of aromatic nitrogens is 2. The van der Waals surface area contributed by atoms with Crippen molar-refractivity contribution in [2.24, 2.45) is 0 Å². The summed E-state index contributed by atoms with van der Waals surface area (Å²) < 4.78 is 43.2. The Morgan fingerprint density at radius 2 is 2.14 bits per heavy atom. The van der Waals surface area contributed by atoms with Crippen LogP contribution in [0.1, 0.15) is 28.7 Å². The highest BCUT2D eigenvalue weighted by Gasteiger charge is 2.35. The molecule has 4 nitrogen and oxygen atoms in total. The molecule has 112 valence electrons. The van der Waals surface area contributed by atoms with Crippen LogP contribution >= 0.6 is 23.3 Å². The summed E-state index contributed by atoms with van der Waals surface area (Å²) in [6, 6.07) is 3.10. The molecule has 21 heavy (non-hydrogen) atoms. The van der Waals surface area contributed by atoms with Crippen LogP contribution in [0.2, 0.25) is 0 Å². The summed E-state index contributed by atoms with van der Waals surface area (Å²) in [7, 11) is 0. The molecule has 1 N–H and O–H groups in total. The van der Waals surface area contributed by atoms with Crippen LogP contribution in [-0.2, 0) is 12.6 Å². The van der Waals surface area contributed by atoms with E-state index in [1.54, 1.807) is 0 Å². The average Bonchev–Trinajstić information content (AvgIpc) is 2.85. The van der Waals surface area contributed by atoms with Crippen molar-refractivity contribution in [2.45, 2.75) is 28.8 Å². The van der Waals surface area contributed by atoms with Gasteiger partial charge < -0.3 is 5.11 Å². The normalized spacial score (nSPS) is 11.6. The number of carboxylic acids is 1. The Bertz CT molecular complexity index is 671. The van der Waals surface area contributed by atoms with Crippen molar-refractivity contribution >= 4 is 29.3 Å². The fourth-order valence-electron chi connectivity index (χ4n) is 1.53. The third kappa shape index (κ3) is 3.73. The minimum absolute atomic E-state index is 0.270. The van der Waals surface area contributed by atoms with Gasteiger partial charge in [-0.25, -0.2) is 9.78 Å². The van der Waals surface area contributed by atoms with Crippen LogP contribution in [0, 0.1) is 0 Å². The molecule has 0 atom stereocenters. The van der Waals surface area contributed by atoms with E-state index in [-0.39, 0.29) is 4.90 Å². The SMILES string of the molecule is CCc1nsc(Sc2ccc(C(=O)O)c(C(F)(F)F)c2)n1. The molecule has 0 radical (unpaired) electrons. The zero-order valence-corrected chi connectivity index (χ0v) is 12.3. The molecule has 2 aromatic rings. The monoisotopic (exact) mass is 334 g/mol. The second-order valence-corrected chi connectivity index (χ2v) is 6.01. The Balaban J connectivity index is 2.35. The minimum atomic E-state index is -4.72. The van der Waals surface area contributed by atoms with Crippen LogP contribution in [0.4, 0.5) is 13.2 Å². The maximum absolute atomic E-state index is 12.9. The number of hydrogen-bond donors (Lipinski definition) is 1. The van der Waals surface area contributed by atoms with Gasteiger partial charge in [-0.15, -0.1) is 0 Å². The quantitative estimate of drug-likeness (QED) is 0.916. The molecule has 0 aliphatic heterocycles. The third-order valence-corrected chi connectivity index (χ3v) is 4.28. The van der Waals surface area contributed by atoms with Gasteiger partial charge in [-0.1, -0.05) is 18.7 Å². The second kappa shape index (κ2) is 6.02. The van der Waals surface area contributed by atoms with Crippen molar-refractivity contribution < 1.29 is 23.1 Å². The van der Waals surface area contributed by atoms with Gasteiger partial charge >= 0.3 is 12.1 Å². The van der Waals surface area contributed by atoms with E-state index in [4.69, 9.17) is 5.11 Å². The predicted octanol–water partition coefficient (Wildman–Crippen LogP) is 3.97. The lowest BCUT2D eigenvalue weighted by Crippen LogP contribution is -2.12. The topological polar surface area (TPSA) is 63.1 Å². The number of nitrogens with zero attached hydrogens (tertiary/aromatic N) is 2. The first-order chi connectivity index (χ1) is 9.81. The first-order valence-electron chi connectivity index (χ1n) is 5.76. The molecule has 0 bridgehead atoms. The Morgan fingerprint density at radius 1 is 1.43 bits per heavy atom. The summed E-state index contributed by atoms with van der Waals surface area (Å²) >= 11 is 2.12. The molecule has 0 amide bonds. The maximum atomic E-state index is 12.9. The van der Waals surface area contributed by atoms with Gasteiger partial charge in [0.1, 0.15) is 5.82 Å². The van der Waals surface area contributed by atoms with E-state index in [1.807, 2.05) is 6.92 Å². The number of aromatic carboxylic acids is 1. The third-order valence-electron chi connectivity index (χ3n) is 2.50. The van der Waals surface area contributed by atoms with Gasteiger partial charge in [-0.2, -0.15) is 17.5 Å². The van der Waals surface area contributed by atoms with Crippen molar-refractivity contribution in [3.63, 3.8) is 0 Å². The molecule has 0 saturated carbocycles. The lowest BCUT2D eigenvalue weighted by molar-refractivity contribution is -0.138. The van der Waals surface area contributed by atoms with Gasteiger partial charge in [0.2, 0.25) is 0 Å². The number of carbonyl (C=O) groups is 1. The molecule has 1 heterocycles. The summed E-state index contributed by atoms with van der Waals surface area (Å²) in [6.45, 7) is 1.87. The summed E-state index contributed by atoms with van der Waals surface area (Å²) in [6.07, 6.45) is -4.08. The van der Waals surface area contributed by atoms with E-state index < -0.39 is 23.3 Å². The summed E-state index contributed by atoms with van der Waals surface area (Å²) in [5.41, 5.74) is -1.93. The zero-order chi connectivity index (χ0) is 15.6. The largest absolute Gasteiger partial charge is 0.478 e. The van der Waals surface area contributed by atoms with Gasteiger partial charge in [-0.3, -0.25) is 0 Å². The highest BCUT2D eigenvalue weighted by Crippen LogP contribution is 2.37. The first kappa shape index (κ1) is 15.8. The van der Waals surface area contributed by atoms with E-state index in [9.17, 15) is 18.0 Å². The number of hydrogen-bond acceptors (Lipinski definition) is 5. The van der Waals surface area contributed by atoms with E-state index in [2.05, 4.69) is 9.36 Å². The number of alkyl halides is 3. The lowest BCUT2D eigenvalue weighted by atomic mass is 10.1. The number of aryl methyl sites for hydroxylation is 1. The lowest BCUT2D eigenvalue weighted by Gasteiger charge is -2.11. The molecular formula is C12H9F3N2O2S2. The highest BCUT2D eigenvalue weighted by molar-refractivity contribution is 8.01. The molecule has 0 aliphatic carbocycles. The smallest absolute Gasteiger partial charge is 0.417 e.